The fourth-order valence-electron chi connectivity index (χ4n) is 2.59. The van der Waals surface area contributed by atoms with Gasteiger partial charge in [0, 0.05) is 12.2 Å². The maximum atomic E-state index is 14.2. The van der Waals surface area contributed by atoms with E-state index in [-0.39, 0.29) is 12.2 Å². The zero-order chi connectivity index (χ0) is 36.0. The summed E-state index contributed by atoms with van der Waals surface area (Å²) < 4.78 is 290. The molecular formula is C19H11F21O4. The summed E-state index contributed by atoms with van der Waals surface area (Å²) in [7, 11) is 0. The fraction of sp³-hybridized carbons (Fsp3) is 0.684. The van der Waals surface area contributed by atoms with Gasteiger partial charge in [-0.25, -0.2) is 9.59 Å². The van der Waals surface area contributed by atoms with Crippen LogP contribution < -0.4 is 0 Å². The van der Waals surface area contributed by atoms with Crippen LogP contribution in [0.5, 0.6) is 0 Å². The van der Waals surface area contributed by atoms with Crippen molar-refractivity contribution in [2.24, 2.45) is 0 Å². The van der Waals surface area contributed by atoms with Gasteiger partial charge in [0.25, 0.3) is 0 Å². The Hall–Kier alpha value is -3.05. The van der Waals surface area contributed by atoms with Crippen molar-refractivity contribution < 1.29 is 111 Å². The number of hydrogen-bond donors (Lipinski definition) is 0. The quantitative estimate of drug-likeness (QED) is 0.101. The summed E-state index contributed by atoms with van der Waals surface area (Å²) in [5.74, 6) is -82.1. The van der Waals surface area contributed by atoms with Gasteiger partial charge in [0.15, 0.2) is 0 Å². The molecule has 0 aliphatic rings. The summed E-state index contributed by atoms with van der Waals surface area (Å²) in [6.45, 7) is 3.45. The van der Waals surface area contributed by atoms with E-state index >= 15 is 0 Å². The number of alkyl halides is 21. The van der Waals surface area contributed by atoms with Gasteiger partial charge in [0.2, 0.25) is 0 Å². The average Bonchev–Trinajstić information content (AvgIpc) is 2.84. The molecule has 0 saturated heterocycles. The van der Waals surface area contributed by atoms with Crippen LogP contribution in [0, 0.1) is 0 Å². The molecule has 0 fully saturated rings. The molecule has 0 aliphatic heterocycles. The number of carbonyl (C=O) groups excluding carboxylic acids is 2. The summed E-state index contributed by atoms with van der Waals surface area (Å²) in [6, 6.07) is 0. The maximum Gasteiger partial charge on any atom is 0.460 e. The highest BCUT2D eigenvalue weighted by molar-refractivity contribution is 5.82. The molecule has 0 aromatic heterocycles. The molecule has 258 valence electrons. The van der Waals surface area contributed by atoms with Gasteiger partial charge >= 0.3 is 71.4 Å². The topological polar surface area (TPSA) is 52.6 Å². The van der Waals surface area contributed by atoms with Crippen molar-refractivity contribution in [1.82, 2.24) is 0 Å². The Kier molecular flexibility index (Phi) is 10.9. The van der Waals surface area contributed by atoms with E-state index in [1.807, 2.05) is 0 Å². The highest BCUT2D eigenvalue weighted by atomic mass is 19.4. The third-order valence-electron chi connectivity index (χ3n) is 5.09. The lowest BCUT2D eigenvalue weighted by Crippen LogP contribution is -2.76. The van der Waals surface area contributed by atoms with E-state index in [2.05, 4.69) is 22.6 Å². The minimum atomic E-state index is -9.29. The van der Waals surface area contributed by atoms with E-state index < -0.39 is 90.5 Å². The Morgan fingerprint density at radius 3 is 1.09 bits per heavy atom. The second-order valence-corrected chi connectivity index (χ2v) is 8.10. The van der Waals surface area contributed by atoms with Gasteiger partial charge in [-0.1, -0.05) is 13.2 Å². The number of halogens is 21. The molecule has 0 bridgehead atoms. The van der Waals surface area contributed by atoms with Crippen molar-refractivity contribution in [3.8, 4) is 0 Å². The Balaban J connectivity index is 7.00. The van der Waals surface area contributed by atoms with Crippen LogP contribution in [0.3, 0.4) is 0 Å². The molecule has 0 aromatic carbocycles. The van der Waals surface area contributed by atoms with Crippen molar-refractivity contribution in [3.05, 3.63) is 25.3 Å². The molecule has 0 saturated carbocycles. The highest BCUT2D eigenvalue weighted by Gasteiger charge is 2.97. The summed E-state index contributed by atoms with van der Waals surface area (Å²) in [4.78, 5) is 22.1. The predicted molar refractivity (Wildman–Crippen MR) is 96.4 cm³/mol. The van der Waals surface area contributed by atoms with E-state index in [4.69, 9.17) is 0 Å². The minimum absolute atomic E-state index is 0.0161. The van der Waals surface area contributed by atoms with Crippen molar-refractivity contribution in [3.63, 3.8) is 0 Å². The van der Waals surface area contributed by atoms with Gasteiger partial charge in [-0.05, 0) is 0 Å². The molecule has 0 spiro atoms. The predicted octanol–water partition coefficient (Wildman–Crippen LogP) is 7.48. The highest BCUT2D eigenvalue weighted by Crippen LogP contribution is 2.66. The van der Waals surface area contributed by atoms with Crippen LogP contribution >= 0.6 is 0 Å². The van der Waals surface area contributed by atoms with E-state index in [0.717, 1.165) is 0 Å². The molecule has 0 aliphatic carbocycles. The van der Waals surface area contributed by atoms with E-state index in [1.54, 1.807) is 0 Å². The Labute approximate surface area is 228 Å². The van der Waals surface area contributed by atoms with Crippen LogP contribution in [0.1, 0.15) is 6.42 Å². The zero-order valence-electron chi connectivity index (χ0n) is 20.1. The Morgan fingerprint density at radius 2 is 0.795 bits per heavy atom. The van der Waals surface area contributed by atoms with Crippen LogP contribution in [0.4, 0.5) is 92.2 Å². The zero-order valence-corrected chi connectivity index (χ0v) is 20.1. The molecule has 0 heterocycles. The standard InChI is InChI=1S/C19H11F21O4/c1-3-8(41)43-6-7(44-9(42)4-2)5-10(20,21)11(22,23)12(24,25)13(26,27)14(28,29)15(30,31)16(32,33)17(34,35)18(36,37)19(38,39)40/h3-4,7H,1-2,5-6H2. The van der Waals surface area contributed by atoms with Crippen LogP contribution in [-0.2, 0) is 19.1 Å². The fourth-order valence-corrected chi connectivity index (χ4v) is 2.59. The van der Waals surface area contributed by atoms with Crippen molar-refractivity contribution in [2.45, 2.75) is 72.0 Å². The van der Waals surface area contributed by atoms with Crippen molar-refractivity contribution in [2.75, 3.05) is 6.61 Å². The first-order valence-corrected chi connectivity index (χ1v) is 10.1. The minimum Gasteiger partial charge on any atom is -0.459 e. The first kappa shape index (κ1) is 41.0. The smallest absolute Gasteiger partial charge is 0.459 e. The monoisotopic (exact) mass is 702 g/mol. The first-order valence-electron chi connectivity index (χ1n) is 10.1. The SMILES string of the molecule is C=CC(=O)OCC(CC(F)(F)C(F)(F)C(F)(F)C(F)(F)C(F)(F)C(F)(F)C(F)(F)C(F)(F)C(F)(F)C(F)(F)F)OC(=O)C=C. The molecule has 0 aromatic rings. The van der Waals surface area contributed by atoms with Gasteiger partial charge in [-0.15, -0.1) is 0 Å². The summed E-state index contributed by atoms with van der Waals surface area (Å²) >= 11 is 0. The summed E-state index contributed by atoms with van der Waals surface area (Å²) in [5.41, 5.74) is 0. The van der Waals surface area contributed by atoms with Gasteiger partial charge in [0.1, 0.15) is 12.7 Å². The van der Waals surface area contributed by atoms with Gasteiger partial charge in [-0.3, -0.25) is 0 Å². The van der Waals surface area contributed by atoms with Gasteiger partial charge < -0.3 is 9.47 Å². The largest absolute Gasteiger partial charge is 0.460 e. The first-order chi connectivity index (χ1) is 19.0. The Morgan fingerprint density at radius 1 is 0.500 bits per heavy atom. The summed E-state index contributed by atoms with van der Waals surface area (Å²) in [6.07, 6.45) is -14.3. The van der Waals surface area contributed by atoms with E-state index in [9.17, 15) is 102 Å². The van der Waals surface area contributed by atoms with Gasteiger partial charge in [0.05, 0.1) is 6.42 Å². The lowest BCUT2D eigenvalue weighted by molar-refractivity contribution is -0.474. The number of esters is 2. The summed E-state index contributed by atoms with van der Waals surface area (Å²) in [5, 5.41) is 0. The molecule has 4 nitrogen and oxygen atoms in total. The van der Waals surface area contributed by atoms with Crippen LogP contribution in [0.2, 0.25) is 0 Å². The van der Waals surface area contributed by atoms with Crippen molar-refractivity contribution in [1.29, 1.82) is 0 Å². The lowest BCUT2D eigenvalue weighted by atomic mass is 9.85. The van der Waals surface area contributed by atoms with E-state index in [1.165, 1.54) is 0 Å². The normalized spacial score (nSPS) is 15.8. The number of rotatable bonds is 15. The molecular weight excluding hydrogens is 691 g/mol. The van der Waals surface area contributed by atoms with Crippen LogP contribution in [0.15, 0.2) is 25.3 Å². The molecule has 44 heavy (non-hydrogen) atoms. The molecule has 1 unspecified atom stereocenters. The second-order valence-electron chi connectivity index (χ2n) is 8.10. The van der Waals surface area contributed by atoms with E-state index in [0.29, 0.717) is 0 Å². The number of hydrogen-bond acceptors (Lipinski definition) is 4. The number of carbonyl (C=O) groups is 2. The second kappa shape index (κ2) is 11.7. The number of ether oxygens (including phenoxy) is 2. The third kappa shape index (κ3) is 6.09. The molecule has 0 rings (SSSR count). The molecule has 25 heteroatoms. The maximum absolute atomic E-state index is 14.2. The van der Waals surface area contributed by atoms with Crippen LogP contribution in [-0.4, -0.2) is 84.1 Å². The lowest BCUT2D eigenvalue weighted by Gasteiger charge is -2.44. The Bertz CT molecular complexity index is 1090. The molecule has 1 atom stereocenters. The molecule has 0 N–H and O–H groups in total. The molecule has 0 amide bonds. The van der Waals surface area contributed by atoms with Crippen molar-refractivity contribution >= 4 is 11.9 Å². The average molecular weight is 702 g/mol. The van der Waals surface area contributed by atoms with Gasteiger partial charge in [-0.2, -0.15) is 92.2 Å². The molecule has 0 radical (unpaired) electrons. The third-order valence-corrected chi connectivity index (χ3v) is 5.09. The van der Waals surface area contributed by atoms with Crippen LogP contribution in [0.25, 0.3) is 0 Å².